The lowest BCUT2D eigenvalue weighted by atomic mass is 10.1. The van der Waals surface area contributed by atoms with Crippen molar-refractivity contribution < 1.29 is 8.85 Å². The van der Waals surface area contributed by atoms with Crippen LogP contribution in [0.25, 0.3) is 0 Å². The SMILES string of the molecule is CO[SiH2]C(C)(C)CCN(CCCCCCCCCCN)CCC(C)(C)[SiH2]OC. The number of unbranched alkanes of at least 4 members (excludes halogenated alkanes) is 7. The van der Waals surface area contributed by atoms with Gasteiger partial charge in [-0.15, -0.1) is 0 Å². The zero-order chi connectivity index (χ0) is 21.3. The van der Waals surface area contributed by atoms with Gasteiger partial charge in [-0.25, -0.2) is 0 Å². The van der Waals surface area contributed by atoms with E-state index < -0.39 is 19.5 Å². The van der Waals surface area contributed by atoms with Gasteiger partial charge in [0.25, 0.3) is 0 Å². The largest absolute Gasteiger partial charge is 0.427 e. The van der Waals surface area contributed by atoms with Crippen molar-refractivity contribution in [3.8, 4) is 0 Å². The summed E-state index contributed by atoms with van der Waals surface area (Å²) in [5.41, 5.74) is 5.56. The first-order chi connectivity index (χ1) is 13.3. The van der Waals surface area contributed by atoms with Gasteiger partial charge in [0.1, 0.15) is 0 Å². The van der Waals surface area contributed by atoms with Gasteiger partial charge in [0.05, 0.1) is 0 Å². The summed E-state index contributed by atoms with van der Waals surface area (Å²) in [5, 5.41) is 0.792. The molecule has 0 aromatic rings. The number of nitrogens with zero attached hydrogens (tertiary/aromatic N) is 1. The summed E-state index contributed by atoms with van der Waals surface area (Å²) in [6, 6.07) is 0. The maximum atomic E-state index is 5.56. The fourth-order valence-electron chi connectivity index (χ4n) is 3.72. The van der Waals surface area contributed by atoms with Gasteiger partial charge < -0.3 is 19.5 Å². The van der Waals surface area contributed by atoms with E-state index in [0.29, 0.717) is 10.1 Å². The van der Waals surface area contributed by atoms with E-state index in [1.165, 1.54) is 83.8 Å². The summed E-state index contributed by atoms with van der Waals surface area (Å²) in [4.78, 5) is 2.72. The maximum absolute atomic E-state index is 5.56. The molecule has 0 saturated heterocycles. The Balaban J connectivity index is 4.22. The average Bonchev–Trinajstić information content (AvgIpc) is 2.61. The average molecular weight is 433 g/mol. The molecule has 0 aliphatic carbocycles. The van der Waals surface area contributed by atoms with Crippen LogP contribution in [-0.2, 0) is 8.85 Å². The minimum Gasteiger partial charge on any atom is -0.427 e. The summed E-state index contributed by atoms with van der Waals surface area (Å²) in [6.45, 7) is 14.1. The Morgan fingerprint density at radius 1 is 0.643 bits per heavy atom. The first-order valence-electron chi connectivity index (χ1n) is 11.7. The van der Waals surface area contributed by atoms with Gasteiger partial charge in [0, 0.05) is 14.2 Å². The molecule has 0 rings (SSSR count). The number of hydrogen-bond donors (Lipinski definition) is 1. The van der Waals surface area contributed by atoms with E-state index in [1.807, 2.05) is 14.2 Å². The zero-order valence-corrected chi connectivity index (χ0v) is 23.0. The molecule has 0 aromatic carbocycles. The van der Waals surface area contributed by atoms with Crippen LogP contribution in [0.1, 0.15) is 91.9 Å². The third-order valence-corrected chi connectivity index (χ3v) is 8.56. The topological polar surface area (TPSA) is 47.7 Å². The van der Waals surface area contributed by atoms with Crippen LogP contribution in [0, 0.1) is 0 Å². The highest BCUT2D eigenvalue weighted by Crippen LogP contribution is 2.30. The van der Waals surface area contributed by atoms with Crippen LogP contribution in [0.3, 0.4) is 0 Å². The first kappa shape index (κ1) is 28.3. The second kappa shape index (κ2) is 17.0. The van der Waals surface area contributed by atoms with Gasteiger partial charge >= 0.3 is 0 Å². The molecule has 0 aliphatic heterocycles. The predicted octanol–water partition coefficient (Wildman–Crippen LogP) is 4.01. The van der Waals surface area contributed by atoms with Crippen LogP contribution in [-0.4, -0.2) is 64.8 Å². The van der Waals surface area contributed by atoms with Gasteiger partial charge in [-0.05, 0) is 61.9 Å². The van der Waals surface area contributed by atoms with Crippen molar-refractivity contribution in [3.05, 3.63) is 0 Å². The lowest BCUT2D eigenvalue weighted by molar-refractivity contribution is 0.235. The molecule has 0 unspecified atom stereocenters. The molecule has 28 heavy (non-hydrogen) atoms. The van der Waals surface area contributed by atoms with Crippen LogP contribution >= 0.6 is 0 Å². The molecular formula is C22H52N2O2Si2. The highest BCUT2D eigenvalue weighted by atomic mass is 28.2. The normalized spacial score (nSPS) is 13.7. The maximum Gasteiger partial charge on any atom is 0.166 e. The molecule has 6 heteroatoms. The molecule has 0 aliphatic rings. The molecule has 0 bridgehead atoms. The standard InChI is InChI=1S/C22H52N2O2Si2/c1-21(2,27-25-5)15-19-24(20-16-22(3,4)28-26-6)18-14-12-10-8-7-9-11-13-17-23/h7-20,23,27-28H2,1-6H3. The minimum atomic E-state index is -0.430. The van der Waals surface area contributed by atoms with E-state index in [4.69, 9.17) is 14.6 Å². The minimum absolute atomic E-state index is 0.396. The van der Waals surface area contributed by atoms with Crippen LogP contribution in [0.15, 0.2) is 0 Å². The molecule has 0 atom stereocenters. The Labute approximate surface area is 181 Å². The first-order valence-corrected chi connectivity index (χ1v) is 14.2. The molecule has 0 spiro atoms. The van der Waals surface area contributed by atoms with Crippen molar-refractivity contribution in [3.63, 3.8) is 0 Å². The van der Waals surface area contributed by atoms with E-state index in [2.05, 4.69) is 32.6 Å². The van der Waals surface area contributed by atoms with Crippen molar-refractivity contribution in [2.75, 3.05) is 40.4 Å². The van der Waals surface area contributed by atoms with Crippen molar-refractivity contribution in [1.29, 1.82) is 0 Å². The fourth-order valence-corrected chi connectivity index (χ4v) is 5.89. The van der Waals surface area contributed by atoms with Crippen LogP contribution in [0.2, 0.25) is 10.1 Å². The number of rotatable bonds is 20. The summed E-state index contributed by atoms with van der Waals surface area (Å²) in [5.74, 6) is 0. The van der Waals surface area contributed by atoms with Crippen molar-refractivity contribution >= 4 is 19.5 Å². The van der Waals surface area contributed by atoms with Gasteiger partial charge in [-0.2, -0.15) is 0 Å². The fraction of sp³-hybridized carbons (Fsp3) is 1.00. The van der Waals surface area contributed by atoms with Crippen LogP contribution in [0.4, 0.5) is 0 Å². The lowest BCUT2D eigenvalue weighted by Crippen LogP contribution is -2.32. The third kappa shape index (κ3) is 17.2. The molecule has 0 radical (unpaired) electrons. The molecule has 0 heterocycles. The number of nitrogens with two attached hydrogens (primary N) is 1. The van der Waals surface area contributed by atoms with E-state index in [9.17, 15) is 0 Å². The van der Waals surface area contributed by atoms with Gasteiger partial charge in [-0.1, -0.05) is 66.2 Å². The van der Waals surface area contributed by atoms with Crippen LogP contribution in [0.5, 0.6) is 0 Å². The Kier molecular flexibility index (Phi) is 17.2. The summed E-state index contributed by atoms with van der Waals surface area (Å²) in [6.07, 6.45) is 13.3. The van der Waals surface area contributed by atoms with E-state index in [-0.39, 0.29) is 0 Å². The Morgan fingerprint density at radius 3 is 1.43 bits per heavy atom. The molecule has 2 N–H and O–H groups in total. The quantitative estimate of drug-likeness (QED) is 0.233. The summed E-state index contributed by atoms with van der Waals surface area (Å²) >= 11 is 0. The van der Waals surface area contributed by atoms with Gasteiger partial charge in [0.2, 0.25) is 0 Å². The van der Waals surface area contributed by atoms with Gasteiger partial charge in [-0.3, -0.25) is 0 Å². The molecule has 0 amide bonds. The molecule has 170 valence electrons. The smallest absolute Gasteiger partial charge is 0.166 e. The molecule has 0 aromatic heterocycles. The molecule has 0 saturated carbocycles. The van der Waals surface area contributed by atoms with Crippen molar-refractivity contribution in [1.82, 2.24) is 4.90 Å². The summed E-state index contributed by atoms with van der Waals surface area (Å²) < 4.78 is 11.1. The van der Waals surface area contributed by atoms with E-state index in [1.54, 1.807) is 0 Å². The molecule has 0 fully saturated rings. The highest BCUT2D eigenvalue weighted by Gasteiger charge is 2.23. The third-order valence-electron chi connectivity index (χ3n) is 5.71. The van der Waals surface area contributed by atoms with E-state index >= 15 is 0 Å². The Hall–Kier alpha value is 0.274. The Morgan fingerprint density at radius 2 is 1.04 bits per heavy atom. The Bertz CT molecular complexity index is 333. The second-order valence-corrected chi connectivity index (χ2v) is 15.7. The zero-order valence-electron chi connectivity index (χ0n) is 20.2. The highest BCUT2D eigenvalue weighted by molar-refractivity contribution is 6.32. The molecular weight excluding hydrogens is 380 g/mol. The monoisotopic (exact) mass is 432 g/mol. The van der Waals surface area contributed by atoms with Gasteiger partial charge in [0.15, 0.2) is 19.5 Å². The molecule has 4 nitrogen and oxygen atoms in total. The van der Waals surface area contributed by atoms with Crippen LogP contribution < -0.4 is 5.73 Å². The number of hydrogen-bond acceptors (Lipinski definition) is 4. The predicted molar refractivity (Wildman–Crippen MR) is 131 cm³/mol. The lowest BCUT2D eigenvalue weighted by Gasteiger charge is -2.31. The van der Waals surface area contributed by atoms with Crippen molar-refractivity contribution in [2.45, 2.75) is 102 Å². The summed E-state index contributed by atoms with van der Waals surface area (Å²) in [7, 11) is 2.89. The second-order valence-electron chi connectivity index (χ2n) is 10.2. The van der Waals surface area contributed by atoms with Crippen molar-refractivity contribution in [2.24, 2.45) is 5.73 Å². The van der Waals surface area contributed by atoms with E-state index in [0.717, 1.165) is 6.54 Å².